The van der Waals surface area contributed by atoms with Gasteiger partial charge in [-0.2, -0.15) is 0 Å². The van der Waals surface area contributed by atoms with Crippen LogP contribution >= 0.6 is 11.8 Å². The normalized spacial score (nSPS) is 22.5. The van der Waals surface area contributed by atoms with Gasteiger partial charge in [-0.3, -0.25) is 4.79 Å². The maximum atomic E-state index is 11.2. The Balaban J connectivity index is 2.01. The molecule has 0 spiro atoms. The first kappa shape index (κ1) is 15.1. The van der Waals surface area contributed by atoms with Gasteiger partial charge in [-0.05, 0) is 31.9 Å². The fourth-order valence-electron chi connectivity index (χ4n) is 2.39. The van der Waals surface area contributed by atoms with Gasteiger partial charge in [0.2, 0.25) is 5.95 Å². The SMILES string of the molecule is COC1CCC(Nc2ncc(C(N)=O)c(SC)n2)CC1. The third-order valence-corrected chi connectivity index (χ3v) is 4.25. The summed E-state index contributed by atoms with van der Waals surface area (Å²) in [7, 11) is 1.76. The molecule has 0 unspecified atom stereocenters. The summed E-state index contributed by atoms with van der Waals surface area (Å²) < 4.78 is 5.35. The number of nitrogens with two attached hydrogens (primary N) is 1. The zero-order chi connectivity index (χ0) is 14.5. The second kappa shape index (κ2) is 6.90. The summed E-state index contributed by atoms with van der Waals surface area (Å²) in [5.74, 6) is 0.0571. The van der Waals surface area contributed by atoms with Crippen molar-refractivity contribution in [1.82, 2.24) is 9.97 Å². The molecule has 0 saturated heterocycles. The van der Waals surface area contributed by atoms with Crippen LogP contribution in [0.3, 0.4) is 0 Å². The number of methoxy groups -OCH3 is 1. The molecular formula is C13H20N4O2S. The van der Waals surface area contributed by atoms with Gasteiger partial charge in [0.1, 0.15) is 5.03 Å². The number of hydrogen-bond donors (Lipinski definition) is 2. The van der Waals surface area contributed by atoms with Crippen LogP contribution in [0, 0.1) is 0 Å². The van der Waals surface area contributed by atoms with Gasteiger partial charge in [-0.15, -0.1) is 11.8 Å². The maximum Gasteiger partial charge on any atom is 0.253 e. The van der Waals surface area contributed by atoms with Crippen LogP contribution in [0.5, 0.6) is 0 Å². The van der Waals surface area contributed by atoms with Crippen molar-refractivity contribution in [2.45, 2.75) is 42.9 Å². The minimum absolute atomic E-state index is 0.357. The first-order chi connectivity index (χ1) is 9.63. The molecule has 20 heavy (non-hydrogen) atoms. The lowest BCUT2D eigenvalue weighted by Gasteiger charge is -2.28. The summed E-state index contributed by atoms with van der Waals surface area (Å²) in [6.45, 7) is 0. The molecule has 0 aliphatic heterocycles. The summed E-state index contributed by atoms with van der Waals surface area (Å²) in [5, 5.41) is 3.93. The molecule has 2 rings (SSSR count). The van der Waals surface area contributed by atoms with E-state index < -0.39 is 5.91 Å². The lowest BCUT2D eigenvalue weighted by atomic mass is 9.93. The van der Waals surface area contributed by atoms with Crippen molar-refractivity contribution >= 4 is 23.6 Å². The van der Waals surface area contributed by atoms with Crippen LogP contribution < -0.4 is 11.1 Å². The van der Waals surface area contributed by atoms with Crippen LogP contribution in [0.15, 0.2) is 11.2 Å². The molecule has 1 aromatic rings. The summed E-state index contributed by atoms with van der Waals surface area (Å²) in [4.78, 5) is 19.8. The Bertz CT molecular complexity index is 475. The lowest BCUT2D eigenvalue weighted by Crippen LogP contribution is -2.30. The largest absolute Gasteiger partial charge is 0.381 e. The van der Waals surface area contributed by atoms with Crippen LogP contribution in [0.1, 0.15) is 36.0 Å². The van der Waals surface area contributed by atoms with Crippen molar-refractivity contribution in [3.8, 4) is 0 Å². The van der Waals surface area contributed by atoms with Crippen LogP contribution in [0.4, 0.5) is 5.95 Å². The highest BCUT2D eigenvalue weighted by molar-refractivity contribution is 7.98. The van der Waals surface area contributed by atoms with Crippen molar-refractivity contribution in [1.29, 1.82) is 0 Å². The summed E-state index contributed by atoms with van der Waals surface area (Å²) in [6, 6.07) is 0.357. The molecule has 1 amide bonds. The average Bonchev–Trinajstić information content (AvgIpc) is 2.47. The smallest absolute Gasteiger partial charge is 0.253 e. The van der Waals surface area contributed by atoms with Crippen LogP contribution in [-0.2, 0) is 4.74 Å². The number of carbonyl (C=O) groups excluding carboxylic acids is 1. The van der Waals surface area contributed by atoms with E-state index in [2.05, 4.69) is 15.3 Å². The number of nitrogens with zero attached hydrogens (tertiary/aromatic N) is 2. The van der Waals surface area contributed by atoms with Gasteiger partial charge < -0.3 is 15.8 Å². The molecule has 7 heteroatoms. The van der Waals surface area contributed by atoms with E-state index >= 15 is 0 Å². The molecule has 1 saturated carbocycles. The van der Waals surface area contributed by atoms with Gasteiger partial charge in [-0.25, -0.2) is 9.97 Å². The second-order valence-corrected chi connectivity index (χ2v) is 5.63. The van der Waals surface area contributed by atoms with Crippen molar-refractivity contribution in [3.63, 3.8) is 0 Å². The number of hydrogen-bond acceptors (Lipinski definition) is 6. The monoisotopic (exact) mass is 296 g/mol. The summed E-state index contributed by atoms with van der Waals surface area (Å²) in [6.07, 6.45) is 7.88. The van der Waals surface area contributed by atoms with Crippen molar-refractivity contribution < 1.29 is 9.53 Å². The van der Waals surface area contributed by atoms with Crippen LogP contribution in [0.2, 0.25) is 0 Å². The van der Waals surface area contributed by atoms with Gasteiger partial charge >= 0.3 is 0 Å². The number of carbonyl (C=O) groups is 1. The average molecular weight is 296 g/mol. The number of nitrogens with one attached hydrogen (secondary N) is 1. The molecule has 6 nitrogen and oxygen atoms in total. The first-order valence-corrected chi connectivity index (χ1v) is 7.86. The van der Waals surface area contributed by atoms with Gasteiger partial charge in [0.25, 0.3) is 5.91 Å². The number of aromatic nitrogens is 2. The molecule has 0 atom stereocenters. The van der Waals surface area contributed by atoms with Gasteiger partial charge in [-0.1, -0.05) is 0 Å². The Hall–Kier alpha value is -1.34. The third-order valence-electron chi connectivity index (χ3n) is 3.55. The van der Waals surface area contributed by atoms with E-state index in [-0.39, 0.29) is 0 Å². The van der Waals surface area contributed by atoms with E-state index in [4.69, 9.17) is 10.5 Å². The maximum absolute atomic E-state index is 11.2. The number of primary amides is 1. The molecule has 110 valence electrons. The number of thioether (sulfide) groups is 1. The van der Waals surface area contributed by atoms with E-state index in [9.17, 15) is 4.79 Å². The van der Waals surface area contributed by atoms with E-state index in [1.54, 1.807) is 7.11 Å². The van der Waals surface area contributed by atoms with Crippen LogP contribution in [0.25, 0.3) is 0 Å². The summed E-state index contributed by atoms with van der Waals surface area (Å²) in [5.41, 5.74) is 5.66. The lowest BCUT2D eigenvalue weighted by molar-refractivity contribution is 0.0681. The van der Waals surface area contributed by atoms with E-state index in [0.717, 1.165) is 25.7 Å². The molecule has 1 aliphatic carbocycles. The Morgan fingerprint density at radius 2 is 2.15 bits per heavy atom. The van der Waals surface area contributed by atoms with E-state index in [1.165, 1.54) is 18.0 Å². The Labute approximate surface area is 122 Å². The van der Waals surface area contributed by atoms with Gasteiger partial charge in [0.15, 0.2) is 0 Å². The molecule has 0 radical (unpaired) electrons. The van der Waals surface area contributed by atoms with Gasteiger partial charge in [0.05, 0.1) is 11.7 Å². The molecule has 0 bridgehead atoms. The van der Waals surface area contributed by atoms with Crippen molar-refractivity contribution in [2.24, 2.45) is 5.73 Å². The molecule has 1 heterocycles. The second-order valence-electron chi connectivity index (χ2n) is 4.83. The van der Waals surface area contributed by atoms with Crippen molar-refractivity contribution in [2.75, 3.05) is 18.7 Å². The van der Waals surface area contributed by atoms with E-state index in [1.807, 2.05) is 6.26 Å². The highest BCUT2D eigenvalue weighted by Gasteiger charge is 2.21. The molecule has 1 fully saturated rings. The number of rotatable bonds is 5. The Morgan fingerprint density at radius 3 is 2.70 bits per heavy atom. The molecule has 1 aliphatic rings. The topological polar surface area (TPSA) is 90.1 Å². The highest BCUT2D eigenvalue weighted by atomic mass is 32.2. The Morgan fingerprint density at radius 1 is 1.45 bits per heavy atom. The number of anilines is 1. The quantitative estimate of drug-likeness (QED) is 0.634. The van der Waals surface area contributed by atoms with E-state index in [0.29, 0.717) is 28.7 Å². The minimum Gasteiger partial charge on any atom is -0.381 e. The molecule has 0 aromatic carbocycles. The zero-order valence-electron chi connectivity index (χ0n) is 11.8. The molecular weight excluding hydrogens is 276 g/mol. The number of amides is 1. The highest BCUT2D eigenvalue weighted by Crippen LogP contribution is 2.24. The zero-order valence-corrected chi connectivity index (χ0v) is 12.6. The first-order valence-electron chi connectivity index (χ1n) is 6.64. The molecule has 1 aromatic heterocycles. The fraction of sp³-hybridized carbons (Fsp3) is 0.615. The van der Waals surface area contributed by atoms with Crippen molar-refractivity contribution in [3.05, 3.63) is 11.8 Å². The van der Waals surface area contributed by atoms with Gasteiger partial charge in [0, 0.05) is 19.3 Å². The molecule has 3 N–H and O–H groups in total. The Kier molecular flexibility index (Phi) is 5.19. The minimum atomic E-state index is -0.499. The summed E-state index contributed by atoms with van der Waals surface area (Å²) >= 11 is 1.39. The number of ether oxygens (including phenoxy) is 1. The van der Waals surface area contributed by atoms with Crippen LogP contribution in [-0.4, -0.2) is 41.4 Å². The fourth-order valence-corrected chi connectivity index (χ4v) is 2.94. The third kappa shape index (κ3) is 3.61. The predicted molar refractivity (Wildman–Crippen MR) is 79.0 cm³/mol. The standard InChI is InChI=1S/C13H20N4O2S/c1-19-9-5-3-8(4-6-9)16-13-15-7-10(11(14)18)12(17-13)20-2/h7-9H,3-6H2,1-2H3,(H2,14,18)(H,15,16,17). The predicted octanol–water partition coefficient (Wildman–Crippen LogP) is 1.67.